The van der Waals surface area contributed by atoms with Gasteiger partial charge in [-0.2, -0.15) is 0 Å². The van der Waals surface area contributed by atoms with Gasteiger partial charge in [0, 0.05) is 5.56 Å². The molecule has 1 N–H and O–H groups in total. The zero-order valence-electron chi connectivity index (χ0n) is 11.8. The van der Waals surface area contributed by atoms with Crippen LogP contribution in [0.15, 0.2) is 23.1 Å². The smallest absolute Gasteiger partial charge is 0.124 e. The molecule has 0 aliphatic heterocycles. The van der Waals surface area contributed by atoms with Gasteiger partial charge in [-0.05, 0) is 26.0 Å². The Hall–Kier alpha value is -0.950. The van der Waals surface area contributed by atoms with Gasteiger partial charge in [0.25, 0.3) is 0 Å². The maximum absolute atomic E-state index is 11.3. The average molecular weight is 287 g/mol. The molecule has 1 rings (SSSR count). The molecule has 1 aromatic carbocycles. The van der Waals surface area contributed by atoms with Crippen LogP contribution in [0.1, 0.15) is 18.1 Å². The van der Waals surface area contributed by atoms with E-state index in [9.17, 15) is 18.1 Å². The Morgan fingerprint density at radius 2 is 1.95 bits per heavy atom. The van der Waals surface area contributed by atoms with Crippen molar-refractivity contribution in [3.8, 4) is 0 Å². The SMILES string of the molecule is Cc1ccc(S(=O)(=O)[O-])c(C[N+](C)(C)C[C@H](C)O)c1. The van der Waals surface area contributed by atoms with Crippen molar-refractivity contribution >= 4 is 10.1 Å². The quantitative estimate of drug-likeness (QED) is 0.643. The van der Waals surface area contributed by atoms with E-state index in [-0.39, 0.29) is 4.90 Å². The molecule has 0 fully saturated rings. The lowest BCUT2D eigenvalue weighted by atomic mass is 10.1. The van der Waals surface area contributed by atoms with Gasteiger partial charge in [0.05, 0.1) is 19.0 Å². The predicted octanol–water partition coefficient (Wildman–Crippen LogP) is 0.856. The van der Waals surface area contributed by atoms with Gasteiger partial charge in [-0.25, -0.2) is 8.42 Å². The number of rotatable bonds is 5. The molecule has 0 aliphatic rings. The first-order valence-corrected chi connectivity index (χ1v) is 7.47. The molecule has 0 heterocycles. The lowest BCUT2D eigenvalue weighted by Crippen LogP contribution is -2.44. The highest BCUT2D eigenvalue weighted by Crippen LogP contribution is 2.21. The fraction of sp³-hybridized carbons (Fsp3) is 0.538. The number of hydrogen-bond acceptors (Lipinski definition) is 4. The van der Waals surface area contributed by atoms with E-state index in [0.29, 0.717) is 23.1 Å². The summed E-state index contributed by atoms with van der Waals surface area (Å²) in [6.07, 6.45) is -0.493. The van der Waals surface area contributed by atoms with Crippen LogP contribution in [-0.2, 0) is 16.7 Å². The third kappa shape index (κ3) is 4.91. The Labute approximate surface area is 114 Å². The number of benzene rings is 1. The Balaban J connectivity index is 3.16. The summed E-state index contributed by atoms with van der Waals surface area (Å²) in [5.74, 6) is 0. The number of aryl methyl sites for hydroxylation is 1. The lowest BCUT2D eigenvalue weighted by molar-refractivity contribution is -0.906. The van der Waals surface area contributed by atoms with Crippen molar-refractivity contribution in [3.05, 3.63) is 29.3 Å². The number of quaternary nitrogens is 1. The first kappa shape index (κ1) is 16.1. The fourth-order valence-corrected chi connectivity index (χ4v) is 3.00. The normalized spacial score (nSPS) is 14.4. The third-order valence-corrected chi connectivity index (χ3v) is 3.78. The van der Waals surface area contributed by atoms with Crippen molar-refractivity contribution in [1.82, 2.24) is 0 Å². The summed E-state index contributed by atoms with van der Waals surface area (Å²) in [4.78, 5) is -0.171. The van der Waals surface area contributed by atoms with Gasteiger partial charge < -0.3 is 14.1 Å². The third-order valence-electron chi connectivity index (χ3n) is 2.84. The van der Waals surface area contributed by atoms with Gasteiger partial charge in [-0.3, -0.25) is 0 Å². The zero-order chi connectivity index (χ0) is 14.8. The second-order valence-corrected chi connectivity index (χ2v) is 7.04. The minimum atomic E-state index is -4.47. The van der Waals surface area contributed by atoms with Crippen LogP contribution in [0.2, 0.25) is 0 Å². The topological polar surface area (TPSA) is 77.4 Å². The molecule has 0 saturated carbocycles. The number of likely N-dealkylation sites (N-methyl/N-ethyl adjacent to an activating group) is 1. The highest BCUT2D eigenvalue weighted by molar-refractivity contribution is 7.85. The molecule has 0 aliphatic carbocycles. The van der Waals surface area contributed by atoms with Crippen molar-refractivity contribution in [2.45, 2.75) is 31.4 Å². The molecule has 0 bridgehead atoms. The largest absolute Gasteiger partial charge is 0.744 e. The molecule has 108 valence electrons. The predicted molar refractivity (Wildman–Crippen MR) is 71.5 cm³/mol. The lowest BCUT2D eigenvalue weighted by Gasteiger charge is -2.32. The Bertz CT molecular complexity index is 550. The van der Waals surface area contributed by atoms with Crippen LogP contribution in [0.5, 0.6) is 0 Å². The van der Waals surface area contributed by atoms with Crippen molar-refractivity contribution in [2.75, 3.05) is 20.6 Å². The summed E-state index contributed by atoms with van der Waals surface area (Å²) in [6, 6.07) is 4.69. The maximum atomic E-state index is 11.3. The molecular formula is C13H21NO4S. The van der Waals surface area contributed by atoms with E-state index >= 15 is 0 Å². The summed E-state index contributed by atoms with van der Waals surface area (Å²) in [5.41, 5.74) is 1.40. The molecule has 6 heteroatoms. The average Bonchev–Trinajstić information content (AvgIpc) is 2.11. The molecule has 0 saturated heterocycles. The summed E-state index contributed by atoms with van der Waals surface area (Å²) >= 11 is 0. The van der Waals surface area contributed by atoms with Gasteiger partial charge >= 0.3 is 0 Å². The highest BCUT2D eigenvalue weighted by Gasteiger charge is 2.22. The molecule has 0 aromatic heterocycles. The van der Waals surface area contributed by atoms with E-state index in [1.54, 1.807) is 19.1 Å². The first-order valence-electron chi connectivity index (χ1n) is 6.07. The van der Waals surface area contributed by atoms with Crippen molar-refractivity contribution in [3.63, 3.8) is 0 Å². The van der Waals surface area contributed by atoms with E-state index in [0.717, 1.165) is 5.56 Å². The molecule has 0 amide bonds. The second kappa shape index (κ2) is 5.58. The van der Waals surface area contributed by atoms with Crippen molar-refractivity contribution < 1.29 is 22.6 Å². The standard InChI is InChI=1S/C13H21NO4S/c1-10-5-6-13(19(16,17)18)12(7-10)9-14(3,4)8-11(2)15/h5-7,11,15H,8-9H2,1-4H3/t11-/m0/s1. The molecule has 0 unspecified atom stereocenters. The van der Waals surface area contributed by atoms with Gasteiger partial charge in [-0.15, -0.1) is 0 Å². The highest BCUT2D eigenvalue weighted by atomic mass is 32.2. The van der Waals surface area contributed by atoms with Gasteiger partial charge in [0.1, 0.15) is 29.3 Å². The molecular weight excluding hydrogens is 266 g/mol. The Morgan fingerprint density at radius 3 is 2.42 bits per heavy atom. The molecule has 1 aromatic rings. The Morgan fingerprint density at radius 1 is 1.37 bits per heavy atom. The van der Waals surface area contributed by atoms with E-state index in [1.165, 1.54) is 6.07 Å². The molecule has 0 spiro atoms. The van der Waals surface area contributed by atoms with Crippen LogP contribution in [0.25, 0.3) is 0 Å². The van der Waals surface area contributed by atoms with Crippen molar-refractivity contribution in [2.24, 2.45) is 0 Å². The monoisotopic (exact) mass is 287 g/mol. The number of aliphatic hydroxyl groups is 1. The minimum absolute atomic E-state index is 0.171. The summed E-state index contributed by atoms with van der Waals surface area (Å²) in [7, 11) is -0.703. The van der Waals surface area contributed by atoms with Gasteiger partial charge in [0.15, 0.2) is 0 Å². The van der Waals surface area contributed by atoms with Gasteiger partial charge in [0.2, 0.25) is 0 Å². The van der Waals surface area contributed by atoms with Crippen LogP contribution < -0.4 is 0 Å². The van der Waals surface area contributed by atoms with Crippen LogP contribution in [0, 0.1) is 6.92 Å². The van der Waals surface area contributed by atoms with E-state index in [1.807, 2.05) is 21.0 Å². The first-order chi connectivity index (χ1) is 8.51. The Kier molecular flexibility index (Phi) is 4.73. The van der Waals surface area contributed by atoms with E-state index in [2.05, 4.69) is 0 Å². The van der Waals surface area contributed by atoms with Crippen molar-refractivity contribution in [1.29, 1.82) is 0 Å². The van der Waals surface area contributed by atoms with Crippen LogP contribution in [-0.4, -0.2) is 49.3 Å². The second-order valence-electron chi connectivity index (χ2n) is 5.69. The zero-order valence-corrected chi connectivity index (χ0v) is 12.6. The van der Waals surface area contributed by atoms with E-state index in [4.69, 9.17) is 0 Å². The number of hydrogen-bond donors (Lipinski definition) is 1. The molecule has 5 nitrogen and oxygen atoms in total. The molecule has 1 atom stereocenters. The number of aliphatic hydroxyl groups excluding tert-OH is 1. The molecule has 19 heavy (non-hydrogen) atoms. The maximum Gasteiger partial charge on any atom is 0.124 e. The summed E-state index contributed by atoms with van der Waals surface area (Å²) < 4.78 is 34.2. The minimum Gasteiger partial charge on any atom is -0.744 e. The fourth-order valence-electron chi connectivity index (χ4n) is 2.32. The van der Waals surface area contributed by atoms with Crippen LogP contribution >= 0.6 is 0 Å². The summed E-state index contributed by atoms with van der Waals surface area (Å²) in [6.45, 7) is 4.39. The number of nitrogens with zero attached hydrogens (tertiary/aromatic N) is 1. The van der Waals surface area contributed by atoms with Gasteiger partial charge in [-0.1, -0.05) is 11.6 Å². The van der Waals surface area contributed by atoms with Crippen LogP contribution in [0.4, 0.5) is 0 Å². The van der Waals surface area contributed by atoms with Crippen LogP contribution in [0.3, 0.4) is 0 Å². The van der Waals surface area contributed by atoms with E-state index < -0.39 is 16.2 Å². The molecule has 0 radical (unpaired) electrons. The summed E-state index contributed by atoms with van der Waals surface area (Å²) in [5, 5.41) is 9.45.